The molecule has 0 aromatic heterocycles. The normalized spacial score (nSPS) is 13.4. The van der Waals surface area contributed by atoms with Crippen LogP contribution in [0.15, 0.2) is 70.0 Å². The van der Waals surface area contributed by atoms with Crippen molar-refractivity contribution in [3.8, 4) is 0 Å². The molecule has 0 spiro atoms. The number of carbonyl (C=O) groups excluding carboxylic acids is 1. The highest BCUT2D eigenvalue weighted by Gasteiger charge is 2.31. The van der Waals surface area contributed by atoms with E-state index < -0.39 is 10.0 Å². The lowest BCUT2D eigenvalue weighted by atomic mass is 10.2. The van der Waals surface area contributed by atoms with Crippen LogP contribution < -0.4 is 4.90 Å². The van der Waals surface area contributed by atoms with E-state index in [-0.39, 0.29) is 23.9 Å². The van der Waals surface area contributed by atoms with Crippen LogP contribution in [0.25, 0.3) is 0 Å². The van der Waals surface area contributed by atoms with Crippen LogP contribution in [0.3, 0.4) is 0 Å². The lowest BCUT2D eigenvalue weighted by molar-refractivity contribution is -0.118. The molecular weight excluding hydrogens is 547 g/mol. The summed E-state index contributed by atoms with van der Waals surface area (Å²) in [4.78, 5) is 15.1. The first kappa shape index (κ1) is 24.2. The first-order chi connectivity index (χ1) is 15.6. The number of fused-ring (bicyclic) bond motifs is 1. The molecule has 33 heavy (non-hydrogen) atoms. The molecule has 0 fully saturated rings. The van der Waals surface area contributed by atoms with Crippen molar-refractivity contribution in [2.75, 3.05) is 18.0 Å². The van der Waals surface area contributed by atoms with E-state index >= 15 is 0 Å². The zero-order valence-electron chi connectivity index (χ0n) is 17.8. The molecule has 1 aliphatic heterocycles. The summed E-state index contributed by atoms with van der Waals surface area (Å²) in [6.45, 7) is 2.08. The van der Waals surface area contributed by atoms with Crippen LogP contribution >= 0.6 is 39.1 Å². The summed E-state index contributed by atoms with van der Waals surface area (Å²) in [5, 5.41) is 0.705. The number of hydrogen-bond donors (Lipinski definition) is 0. The Morgan fingerprint density at radius 1 is 1.03 bits per heavy atom. The standard InChI is InChI=1S/C24H21BrCl2N2O3S/c1-16-2-6-20(7-3-16)33(31,32)28(14-17-4-8-21(26)22(27)12-17)15-24(30)29-11-10-18-13-19(25)5-9-23(18)29/h2-9,12-13H,10-11,14-15H2,1H3. The van der Waals surface area contributed by atoms with Crippen molar-refractivity contribution in [3.05, 3.63) is 91.9 Å². The maximum atomic E-state index is 13.5. The number of nitrogens with zero attached hydrogens (tertiary/aromatic N) is 2. The minimum atomic E-state index is -3.95. The molecule has 0 N–H and O–H groups in total. The van der Waals surface area contributed by atoms with Crippen molar-refractivity contribution >= 4 is 60.7 Å². The summed E-state index contributed by atoms with van der Waals surface area (Å²) >= 11 is 15.6. The predicted octanol–water partition coefficient (Wildman–Crippen LogP) is 5.84. The predicted molar refractivity (Wildman–Crippen MR) is 135 cm³/mol. The highest BCUT2D eigenvalue weighted by atomic mass is 79.9. The van der Waals surface area contributed by atoms with Crippen molar-refractivity contribution < 1.29 is 13.2 Å². The van der Waals surface area contributed by atoms with E-state index in [2.05, 4.69) is 15.9 Å². The molecule has 1 amide bonds. The van der Waals surface area contributed by atoms with Crippen LogP contribution in [0.5, 0.6) is 0 Å². The summed E-state index contributed by atoms with van der Waals surface area (Å²) in [5.74, 6) is -0.285. The molecule has 0 saturated heterocycles. The van der Waals surface area contributed by atoms with E-state index in [9.17, 15) is 13.2 Å². The zero-order valence-corrected chi connectivity index (χ0v) is 21.7. The fourth-order valence-corrected chi connectivity index (χ4v) is 5.90. The molecule has 4 rings (SSSR count). The first-order valence-electron chi connectivity index (χ1n) is 10.2. The fourth-order valence-electron chi connectivity index (χ4n) is 3.79. The smallest absolute Gasteiger partial charge is 0.243 e. The van der Waals surface area contributed by atoms with Crippen LogP contribution in [0.2, 0.25) is 10.0 Å². The van der Waals surface area contributed by atoms with E-state index in [1.807, 2.05) is 25.1 Å². The average molecular weight is 568 g/mol. The van der Waals surface area contributed by atoms with Crippen molar-refractivity contribution in [1.29, 1.82) is 0 Å². The van der Waals surface area contributed by atoms with E-state index in [1.54, 1.807) is 47.4 Å². The maximum absolute atomic E-state index is 13.5. The molecule has 0 saturated carbocycles. The molecule has 0 aliphatic carbocycles. The van der Waals surface area contributed by atoms with E-state index in [0.29, 0.717) is 22.2 Å². The van der Waals surface area contributed by atoms with E-state index in [1.165, 1.54) is 4.31 Å². The summed E-state index contributed by atoms with van der Waals surface area (Å²) in [5.41, 5.74) is 3.44. The lowest BCUT2D eigenvalue weighted by Crippen LogP contribution is -2.42. The van der Waals surface area contributed by atoms with Crippen molar-refractivity contribution in [2.45, 2.75) is 24.8 Å². The monoisotopic (exact) mass is 566 g/mol. The Bertz CT molecular complexity index is 1310. The zero-order chi connectivity index (χ0) is 23.8. The Kier molecular flexibility index (Phi) is 7.17. The number of hydrogen-bond acceptors (Lipinski definition) is 3. The third kappa shape index (κ3) is 5.28. The summed E-state index contributed by atoms with van der Waals surface area (Å²) in [7, 11) is -3.95. The van der Waals surface area contributed by atoms with E-state index in [4.69, 9.17) is 23.2 Å². The molecular formula is C24H21BrCl2N2O3S. The molecule has 0 bridgehead atoms. The van der Waals surface area contributed by atoms with Gasteiger partial charge in [-0.05, 0) is 66.9 Å². The number of amides is 1. The highest BCUT2D eigenvalue weighted by Crippen LogP contribution is 2.31. The van der Waals surface area contributed by atoms with Gasteiger partial charge in [-0.3, -0.25) is 4.79 Å². The van der Waals surface area contributed by atoms with Crippen molar-refractivity contribution in [2.24, 2.45) is 0 Å². The fraction of sp³-hybridized carbons (Fsp3) is 0.208. The average Bonchev–Trinajstić information content (AvgIpc) is 3.19. The quantitative estimate of drug-likeness (QED) is 0.376. The van der Waals surface area contributed by atoms with E-state index in [0.717, 1.165) is 27.7 Å². The molecule has 1 heterocycles. The van der Waals surface area contributed by atoms with Crippen LogP contribution in [-0.4, -0.2) is 31.7 Å². The summed E-state index contributed by atoms with van der Waals surface area (Å²) in [6.07, 6.45) is 0.720. The number of carbonyl (C=O) groups is 1. The molecule has 172 valence electrons. The number of aryl methyl sites for hydroxylation is 1. The SMILES string of the molecule is Cc1ccc(S(=O)(=O)N(CC(=O)N2CCc3cc(Br)ccc32)Cc2ccc(Cl)c(Cl)c2)cc1. The Balaban J connectivity index is 1.66. The van der Waals surface area contributed by atoms with Crippen LogP contribution in [0, 0.1) is 6.92 Å². The number of benzene rings is 3. The molecule has 0 unspecified atom stereocenters. The van der Waals surface area contributed by atoms with Gasteiger partial charge in [-0.1, -0.05) is 62.9 Å². The topological polar surface area (TPSA) is 57.7 Å². The molecule has 9 heteroatoms. The largest absolute Gasteiger partial charge is 0.311 e. The Morgan fingerprint density at radius 3 is 2.45 bits per heavy atom. The van der Waals surface area contributed by atoms with Gasteiger partial charge >= 0.3 is 0 Å². The van der Waals surface area contributed by atoms with Gasteiger partial charge in [0.15, 0.2) is 0 Å². The van der Waals surface area contributed by atoms with Crippen molar-refractivity contribution in [1.82, 2.24) is 4.31 Å². The molecule has 0 radical (unpaired) electrons. The molecule has 3 aromatic carbocycles. The van der Waals surface area contributed by atoms with Gasteiger partial charge in [-0.2, -0.15) is 4.31 Å². The van der Waals surface area contributed by atoms with Crippen LogP contribution in [0.4, 0.5) is 5.69 Å². The van der Waals surface area contributed by atoms with Gasteiger partial charge in [-0.15, -0.1) is 0 Å². The second-order valence-corrected chi connectivity index (χ2v) is 11.6. The van der Waals surface area contributed by atoms with Crippen molar-refractivity contribution in [3.63, 3.8) is 0 Å². The maximum Gasteiger partial charge on any atom is 0.243 e. The third-order valence-electron chi connectivity index (χ3n) is 5.55. The number of halogens is 3. The van der Waals surface area contributed by atoms with Gasteiger partial charge in [0.1, 0.15) is 0 Å². The van der Waals surface area contributed by atoms with Gasteiger partial charge in [0.25, 0.3) is 0 Å². The molecule has 0 atom stereocenters. The molecule has 1 aliphatic rings. The highest BCUT2D eigenvalue weighted by molar-refractivity contribution is 9.10. The molecule has 3 aromatic rings. The first-order valence-corrected chi connectivity index (χ1v) is 13.2. The Hall–Kier alpha value is -1.90. The Labute approximate surface area is 212 Å². The second-order valence-electron chi connectivity index (χ2n) is 7.90. The second kappa shape index (κ2) is 9.76. The minimum Gasteiger partial charge on any atom is -0.311 e. The summed E-state index contributed by atoms with van der Waals surface area (Å²) < 4.78 is 29.2. The minimum absolute atomic E-state index is 0.0140. The summed E-state index contributed by atoms with van der Waals surface area (Å²) in [6, 6.07) is 17.3. The molecule has 5 nitrogen and oxygen atoms in total. The Morgan fingerprint density at radius 2 is 1.76 bits per heavy atom. The van der Waals surface area contributed by atoms with Gasteiger partial charge < -0.3 is 4.90 Å². The van der Waals surface area contributed by atoms with Gasteiger partial charge in [0, 0.05) is 23.2 Å². The number of sulfonamides is 1. The van der Waals surface area contributed by atoms with Gasteiger partial charge in [0.2, 0.25) is 15.9 Å². The van der Waals surface area contributed by atoms with Crippen LogP contribution in [-0.2, 0) is 27.8 Å². The third-order valence-corrected chi connectivity index (χ3v) is 8.59. The number of rotatable bonds is 6. The van der Waals surface area contributed by atoms with Gasteiger partial charge in [0.05, 0.1) is 21.5 Å². The lowest BCUT2D eigenvalue weighted by Gasteiger charge is -2.25. The van der Waals surface area contributed by atoms with Gasteiger partial charge in [-0.25, -0.2) is 8.42 Å². The number of anilines is 1. The van der Waals surface area contributed by atoms with Crippen LogP contribution in [0.1, 0.15) is 16.7 Å².